The molecule has 7 heteroatoms. The monoisotopic (exact) mass is 330 g/mol. The van der Waals surface area contributed by atoms with E-state index in [9.17, 15) is 13.5 Å². The first kappa shape index (κ1) is 18.9. The molecular weight excluding hydrogens is 304 g/mol. The molecule has 126 valence electrons. The minimum Gasteiger partial charge on any atom is -0.394 e. The maximum absolute atomic E-state index is 12.1. The molecule has 6 nitrogen and oxygen atoms in total. The third-order valence-electron chi connectivity index (χ3n) is 3.24. The second kappa shape index (κ2) is 9.78. The number of rotatable bonds is 11. The molecule has 4 N–H and O–H groups in total. The number of benzene rings is 1. The van der Waals surface area contributed by atoms with E-state index in [-0.39, 0.29) is 18.0 Å². The average molecular weight is 330 g/mol. The van der Waals surface area contributed by atoms with Crippen molar-refractivity contribution in [1.29, 1.82) is 0 Å². The minimum absolute atomic E-state index is 0.207. The second-order valence-electron chi connectivity index (χ2n) is 5.20. The van der Waals surface area contributed by atoms with E-state index in [4.69, 9.17) is 5.11 Å². The van der Waals surface area contributed by atoms with E-state index in [1.807, 2.05) is 0 Å². The molecule has 0 fully saturated rings. The Bertz CT molecular complexity index is 517. The largest absolute Gasteiger partial charge is 0.394 e. The number of hydrogen-bond donors (Lipinski definition) is 4. The molecule has 0 saturated carbocycles. The van der Waals surface area contributed by atoms with Gasteiger partial charge in [-0.15, -0.1) is 0 Å². The highest BCUT2D eigenvalue weighted by Gasteiger charge is 2.12. The van der Waals surface area contributed by atoms with Gasteiger partial charge in [-0.1, -0.05) is 26.2 Å². The molecule has 1 unspecified atom stereocenters. The molecule has 0 heterocycles. The molecule has 1 rings (SSSR count). The third kappa shape index (κ3) is 6.74. The predicted octanol–water partition coefficient (Wildman–Crippen LogP) is 1.31. The highest BCUT2D eigenvalue weighted by molar-refractivity contribution is 7.89. The summed E-state index contributed by atoms with van der Waals surface area (Å²) in [7, 11) is -3.47. The van der Waals surface area contributed by atoms with Gasteiger partial charge in [-0.25, -0.2) is 13.1 Å². The van der Waals surface area contributed by atoms with Gasteiger partial charge in [0.15, 0.2) is 0 Å². The van der Waals surface area contributed by atoms with E-state index < -0.39 is 16.1 Å². The first-order chi connectivity index (χ1) is 10.5. The van der Waals surface area contributed by atoms with Crippen LogP contribution < -0.4 is 10.0 Å². The fraction of sp³-hybridized carbons (Fsp3) is 0.600. The summed E-state index contributed by atoms with van der Waals surface area (Å²) >= 11 is 0. The van der Waals surface area contributed by atoms with Gasteiger partial charge in [0.25, 0.3) is 0 Å². The second-order valence-corrected chi connectivity index (χ2v) is 6.97. The molecular formula is C15H26N2O4S. The van der Waals surface area contributed by atoms with E-state index in [2.05, 4.69) is 17.0 Å². The van der Waals surface area contributed by atoms with Gasteiger partial charge in [0, 0.05) is 18.8 Å². The molecule has 1 aromatic carbocycles. The summed E-state index contributed by atoms with van der Waals surface area (Å²) in [4.78, 5) is 0.219. The summed E-state index contributed by atoms with van der Waals surface area (Å²) in [5.74, 6) is 0. The van der Waals surface area contributed by atoms with E-state index in [1.54, 1.807) is 12.1 Å². The Balaban J connectivity index is 2.50. The number of sulfonamides is 1. The van der Waals surface area contributed by atoms with E-state index in [1.165, 1.54) is 12.1 Å². The Morgan fingerprint density at radius 1 is 1.14 bits per heavy atom. The normalized spacial score (nSPS) is 13.0. The maximum Gasteiger partial charge on any atom is 0.240 e. The van der Waals surface area contributed by atoms with Crippen LogP contribution in [0.5, 0.6) is 0 Å². The lowest BCUT2D eigenvalue weighted by molar-refractivity contribution is 0.105. The summed E-state index contributed by atoms with van der Waals surface area (Å²) in [5.41, 5.74) is 0.689. The standard InChI is InChI=1S/C15H26N2O4S/c1-2-3-4-5-10-17-22(20,21)15-8-6-13(7-9-15)16-11-14(19)12-18/h6-9,14,16-19H,2-5,10-12H2,1H3. The Morgan fingerprint density at radius 2 is 1.82 bits per heavy atom. The van der Waals surface area contributed by atoms with E-state index in [0.29, 0.717) is 12.2 Å². The van der Waals surface area contributed by atoms with Gasteiger partial charge in [-0.05, 0) is 30.7 Å². The zero-order valence-electron chi connectivity index (χ0n) is 13.0. The molecule has 0 aliphatic carbocycles. The lowest BCUT2D eigenvalue weighted by atomic mass is 10.2. The van der Waals surface area contributed by atoms with Crippen LogP contribution in [-0.2, 0) is 10.0 Å². The minimum atomic E-state index is -3.47. The van der Waals surface area contributed by atoms with Crippen LogP contribution >= 0.6 is 0 Å². The van der Waals surface area contributed by atoms with Crippen LogP contribution in [0.1, 0.15) is 32.6 Å². The third-order valence-corrected chi connectivity index (χ3v) is 4.72. The topological polar surface area (TPSA) is 98.7 Å². The fourth-order valence-electron chi connectivity index (χ4n) is 1.89. The van der Waals surface area contributed by atoms with Crippen LogP contribution in [0.4, 0.5) is 5.69 Å². The number of nitrogens with one attached hydrogen (secondary N) is 2. The van der Waals surface area contributed by atoms with E-state index >= 15 is 0 Å². The molecule has 0 aromatic heterocycles. The molecule has 22 heavy (non-hydrogen) atoms. The highest BCUT2D eigenvalue weighted by Crippen LogP contribution is 2.14. The molecule has 0 bridgehead atoms. The smallest absolute Gasteiger partial charge is 0.240 e. The molecule has 1 aromatic rings. The van der Waals surface area contributed by atoms with Crippen LogP contribution in [0.3, 0.4) is 0 Å². The molecule has 0 aliphatic heterocycles. The quantitative estimate of drug-likeness (QED) is 0.459. The summed E-state index contributed by atoms with van der Waals surface area (Å²) in [6, 6.07) is 6.30. The lowest BCUT2D eigenvalue weighted by Gasteiger charge is -2.11. The van der Waals surface area contributed by atoms with Crippen molar-refractivity contribution in [3.8, 4) is 0 Å². The van der Waals surface area contributed by atoms with Crippen molar-refractivity contribution in [2.24, 2.45) is 0 Å². The molecule has 0 amide bonds. The van der Waals surface area contributed by atoms with Crippen molar-refractivity contribution < 1.29 is 18.6 Å². The fourth-order valence-corrected chi connectivity index (χ4v) is 2.97. The number of hydrogen-bond acceptors (Lipinski definition) is 5. The first-order valence-corrected chi connectivity index (χ1v) is 9.10. The van der Waals surface area contributed by atoms with Gasteiger partial charge in [-0.2, -0.15) is 0 Å². The van der Waals surface area contributed by atoms with Gasteiger partial charge in [0.1, 0.15) is 0 Å². The van der Waals surface area contributed by atoms with Crippen LogP contribution in [-0.4, -0.2) is 44.4 Å². The van der Waals surface area contributed by atoms with Gasteiger partial charge < -0.3 is 15.5 Å². The zero-order valence-corrected chi connectivity index (χ0v) is 13.8. The van der Waals surface area contributed by atoms with Crippen molar-refractivity contribution in [2.45, 2.75) is 43.6 Å². The Hall–Kier alpha value is -1.15. The van der Waals surface area contributed by atoms with Crippen molar-refractivity contribution in [2.75, 3.05) is 25.0 Å². The highest BCUT2D eigenvalue weighted by atomic mass is 32.2. The van der Waals surface area contributed by atoms with Gasteiger partial charge >= 0.3 is 0 Å². The van der Waals surface area contributed by atoms with Crippen LogP contribution in [0, 0.1) is 0 Å². The first-order valence-electron chi connectivity index (χ1n) is 7.62. The number of unbranched alkanes of at least 4 members (excludes halogenated alkanes) is 3. The maximum atomic E-state index is 12.1. The lowest BCUT2D eigenvalue weighted by Crippen LogP contribution is -2.25. The van der Waals surface area contributed by atoms with Gasteiger partial charge in [-0.3, -0.25) is 0 Å². The summed E-state index contributed by atoms with van der Waals surface area (Å²) in [6.45, 7) is 2.45. The molecule has 0 aliphatic rings. The van der Waals surface area contributed by atoms with Crippen molar-refractivity contribution >= 4 is 15.7 Å². The molecule has 0 radical (unpaired) electrons. The Kier molecular flexibility index (Phi) is 8.40. The van der Waals surface area contributed by atoms with Crippen LogP contribution in [0.15, 0.2) is 29.2 Å². The average Bonchev–Trinajstić information content (AvgIpc) is 2.52. The summed E-state index contributed by atoms with van der Waals surface area (Å²) in [5, 5.41) is 20.9. The van der Waals surface area contributed by atoms with Crippen LogP contribution in [0.25, 0.3) is 0 Å². The van der Waals surface area contributed by atoms with Crippen molar-refractivity contribution in [1.82, 2.24) is 4.72 Å². The SMILES string of the molecule is CCCCCCNS(=O)(=O)c1ccc(NCC(O)CO)cc1. The summed E-state index contributed by atoms with van der Waals surface area (Å²) in [6.07, 6.45) is 3.25. The predicted molar refractivity (Wildman–Crippen MR) is 87.4 cm³/mol. The van der Waals surface area contributed by atoms with Crippen molar-refractivity contribution in [3.05, 3.63) is 24.3 Å². The van der Waals surface area contributed by atoms with Crippen molar-refractivity contribution in [3.63, 3.8) is 0 Å². The number of aliphatic hydroxyl groups excluding tert-OH is 2. The van der Waals surface area contributed by atoms with Crippen LogP contribution in [0.2, 0.25) is 0 Å². The summed E-state index contributed by atoms with van der Waals surface area (Å²) < 4.78 is 26.8. The molecule has 0 spiro atoms. The molecule has 1 atom stereocenters. The zero-order chi connectivity index (χ0) is 16.4. The number of anilines is 1. The Labute approximate surface area is 132 Å². The van der Waals surface area contributed by atoms with Gasteiger partial charge in [0.05, 0.1) is 17.6 Å². The van der Waals surface area contributed by atoms with Gasteiger partial charge in [0.2, 0.25) is 10.0 Å². The Morgan fingerprint density at radius 3 is 2.41 bits per heavy atom. The van der Waals surface area contributed by atoms with E-state index in [0.717, 1.165) is 25.7 Å². The number of aliphatic hydroxyl groups is 2. The molecule has 0 saturated heterocycles.